The van der Waals surface area contributed by atoms with E-state index in [2.05, 4.69) is 10.4 Å². The van der Waals surface area contributed by atoms with E-state index in [1.165, 1.54) is 32.4 Å². The molecule has 0 unspecified atom stereocenters. The van der Waals surface area contributed by atoms with Gasteiger partial charge in [-0.2, -0.15) is 5.10 Å². The average molecular weight is 751 g/mol. The minimum Gasteiger partial charge on any atom is -0.507 e. The van der Waals surface area contributed by atoms with Crippen molar-refractivity contribution in [1.29, 1.82) is 0 Å². The van der Waals surface area contributed by atoms with Gasteiger partial charge in [-0.15, -0.1) is 0 Å². The van der Waals surface area contributed by atoms with Crippen LogP contribution in [-0.2, 0) is 14.3 Å². The van der Waals surface area contributed by atoms with Gasteiger partial charge in [0.15, 0.2) is 5.75 Å². The lowest BCUT2D eigenvalue weighted by atomic mass is 9.74. The number of anilines is 1. The second-order valence-corrected chi connectivity index (χ2v) is 15.3. The van der Waals surface area contributed by atoms with Crippen LogP contribution in [0.4, 0.5) is 5.69 Å². The molecule has 5 bridgehead atoms. The standard InChI is InChI=1S/C40H54N4O10/c1-19-12-11-13-20(2)39(51)42-31-26(16-41-44-17-43(9)18-44)35(48)28-29(36(31)49)34(47)25(7)37-30(28)38(50)40(8,54-37)53-15-14-27(52-10)22(4)21(3)23(5)33(46)24(6)32(19)45/h11-16,19,21-24,27,32-33,45-49H,17-18H2,1-10H3,(H,42,51)/b12-11+,15-14+,20-13-,41-16-/t19-,21+,22-,23-,24+,27-,32-,33-,40-/m0/s1. The highest BCUT2D eigenvalue weighted by Crippen LogP contribution is 2.55. The summed E-state index contributed by atoms with van der Waals surface area (Å²) in [5, 5.41) is 66.1. The van der Waals surface area contributed by atoms with E-state index in [-0.39, 0.29) is 68.1 Å². The zero-order valence-corrected chi connectivity index (χ0v) is 32.6. The Morgan fingerprint density at radius 2 is 1.59 bits per heavy atom. The largest absolute Gasteiger partial charge is 0.507 e. The van der Waals surface area contributed by atoms with Crippen LogP contribution >= 0.6 is 0 Å². The van der Waals surface area contributed by atoms with Gasteiger partial charge in [-0.25, -0.2) is 0 Å². The number of Topliss-reactive ketones (excluding diaryl/α,β-unsaturated/α-hetero) is 1. The monoisotopic (exact) mass is 750 g/mol. The van der Waals surface area contributed by atoms with Crippen molar-refractivity contribution in [3.63, 3.8) is 0 Å². The van der Waals surface area contributed by atoms with Gasteiger partial charge in [-0.1, -0.05) is 52.8 Å². The number of carbonyl (C=O) groups is 2. The molecule has 0 aromatic heterocycles. The van der Waals surface area contributed by atoms with Gasteiger partial charge in [0.2, 0.25) is 0 Å². The minimum absolute atomic E-state index is 0.0469. The predicted octanol–water partition coefficient (Wildman–Crippen LogP) is 4.95. The molecule has 14 heteroatoms. The summed E-state index contributed by atoms with van der Waals surface area (Å²) < 4.78 is 17.9. The molecule has 0 spiro atoms. The van der Waals surface area contributed by atoms with Crippen LogP contribution in [0.5, 0.6) is 23.0 Å². The van der Waals surface area contributed by atoms with E-state index in [9.17, 15) is 35.1 Å². The van der Waals surface area contributed by atoms with Crippen LogP contribution in [-0.4, -0.2) is 105 Å². The van der Waals surface area contributed by atoms with Gasteiger partial charge < -0.3 is 45.1 Å². The van der Waals surface area contributed by atoms with E-state index in [1.54, 1.807) is 44.2 Å². The zero-order chi connectivity index (χ0) is 40.0. The zero-order valence-electron chi connectivity index (χ0n) is 32.6. The highest BCUT2D eigenvalue weighted by molar-refractivity contribution is 6.23. The Morgan fingerprint density at radius 3 is 2.22 bits per heavy atom. The number of nitrogens with zero attached hydrogens (tertiary/aromatic N) is 3. The van der Waals surface area contributed by atoms with Crippen LogP contribution in [0.25, 0.3) is 10.8 Å². The summed E-state index contributed by atoms with van der Waals surface area (Å²) in [6.45, 7) is 15.0. The van der Waals surface area contributed by atoms with Crippen LogP contribution in [0.1, 0.15) is 70.0 Å². The van der Waals surface area contributed by atoms with E-state index >= 15 is 0 Å². The van der Waals surface area contributed by atoms with Gasteiger partial charge in [0.05, 0.1) is 66.3 Å². The van der Waals surface area contributed by atoms with E-state index in [1.807, 2.05) is 39.6 Å². The topological polar surface area (TPSA) is 194 Å². The number of aliphatic hydroxyl groups excluding tert-OH is 2. The number of phenols is 3. The van der Waals surface area contributed by atoms with Crippen LogP contribution in [0.3, 0.4) is 0 Å². The third-order valence-corrected chi connectivity index (χ3v) is 11.5. The Bertz CT molecular complexity index is 1920. The first-order valence-corrected chi connectivity index (χ1v) is 18.2. The summed E-state index contributed by atoms with van der Waals surface area (Å²) >= 11 is 0. The molecule has 4 aliphatic heterocycles. The Labute approximate surface area is 316 Å². The fraction of sp³-hybridized carbons (Fsp3) is 0.525. The fourth-order valence-electron chi connectivity index (χ4n) is 7.42. The number of amides is 1. The average Bonchev–Trinajstić information content (AvgIpc) is 3.39. The summed E-state index contributed by atoms with van der Waals surface area (Å²) in [6.07, 6.45) is 6.87. The van der Waals surface area contributed by atoms with Crippen LogP contribution in [0.2, 0.25) is 0 Å². The molecule has 9 atom stereocenters. The molecular formula is C40H54N4O10. The molecule has 1 fully saturated rings. The molecule has 6 rings (SSSR count). The Hall–Kier alpha value is -4.63. The summed E-state index contributed by atoms with van der Waals surface area (Å²) in [6, 6.07) is 0. The number of aliphatic hydroxyl groups is 2. The number of aromatic hydroxyl groups is 3. The highest BCUT2D eigenvalue weighted by Gasteiger charge is 2.50. The summed E-state index contributed by atoms with van der Waals surface area (Å²) in [4.78, 5) is 29.9. The first-order chi connectivity index (χ1) is 25.3. The molecule has 4 aliphatic rings. The number of rotatable bonds is 3. The maximum atomic E-state index is 14.3. The number of nitrogens with one attached hydrogen (secondary N) is 1. The molecule has 1 amide bonds. The first-order valence-electron chi connectivity index (χ1n) is 18.2. The second-order valence-electron chi connectivity index (χ2n) is 15.3. The number of methoxy groups -OCH3 is 1. The molecule has 0 saturated carbocycles. The lowest BCUT2D eigenvalue weighted by molar-refractivity contribution is -0.112. The van der Waals surface area contributed by atoms with Crippen molar-refractivity contribution in [3.8, 4) is 23.0 Å². The molecular weight excluding hydrogens is 696 g/mol. The molecule has 4 heterocycles. The lowest BCUT2D eigenvalue weighted by Crippen LogP contribution is -2.49. The molecule has 2 aromatic carbocycles. The highest BCUT2D eigenvalue weighted by atomic mass is 16.7. The van der Waals surface area contributed by atoms with E-state index in [0.29, 0.717) is 13.3 Å². The Kier molecular flexibility index (Phi) is 11.7. The van der Waals surface area contributed by atoms with Gasteiger partial charge in [0.1, 0.15) is 17.2 Å². The number of hydrogen-bond donors (Lipinski definition) is 6. The maximum absolute atomic E-state index is 14.3. The number of ether oxygens (including phenoxy) is 3. The van der Waals surface area contributed by atoms with Gasteiger partial charge >= 0.3 is 5.79 Å². The summed E-state index contributed by atoms with van der Waals surface area (Å²) in [5.74, 6) is -6.32. The Balaban J connectivity index is 1.69. The quantitative estimate of drug-likeness (QED) is 0.141. The number of phenolic OH excluding ortho intramolecular Hbond substituents is 3. The molecule has 294 valence electrons. The normalized spacial score (nSPS) is 33.6. The number of ketones is 1. The molecule has 0 aliphatic carbocycles. The van der Waals surface area contributed by atoms with Crippen LogP contribution < -0.4 is 10.1 Å². The van der Waals surface area contributed by atoms with Crippen molar-refractivity contribution in [2.45, 2.75) is 79.5 Å². The number of fused-ring (bicyclic) bond motifs is 14. The van der Waals surface area contributed by atoms with Gasteiger partial charge in [-0.3, -0.25) is 19.5 Å². The van der Waals surface area contributed by atoms with Crippen molar-refractivity contribution < 1.29 is 49.3 Å². The second kappa shape index (κ2) is 15.6. The SMILES string of the molecule is CO[C@H]1/C=C/O[C@@]2(C)Oc3c(C)c(O)c4c(O)c(c(/C=N\N5CN(C)C5)c(O)c4c3C2=O)NC(=O)/C(C)=C\C=C\[C@H](C)[C@H](O)[C@@H](C)[C@@H](O)[C@@H](C)[C@H](C)[C@@H]1C. The fourth-order valence-corrected chi connectivity index (χ4v) is 7.42. The molecule has 2 aromatic rings. The lowest BCUT2D eigenvalue weighted by Gasteiger charge is -2.37. The summed E-state index contributed by atoms with van der Waals surface area (Å²) in [5.41, 5.74) is -0.176. The predicted molar refractivity (Wildman–Crippen MR) is 204 cm³/mol. The van der Waals surface area contributed by atoms with E-state index in [4.69, 9.17) is 14.2 Å². The third kappa shape index (κ3) is 7.27. The van der Waals surface area contributed by atoms with Crippen LogP contribution in [0, 0.1) is 36.5 Å². The van der Waals surface area contributed by atoms with E-state index < -0.39 is 59.0 Å². The number of allylic oxidation sites excluding steroid dienone is 2. The van der Waals surface area contributed by atoms with Gasteiger partial charge in [0, 0.05) is 42.4 Å². The van der Waals surface area contributed by atoms with Crippen molar-refractivity contribution in [1.82, 2.24) is 9.91 Å². The van der Waals surface area contributed by atoms with Gasteiger partial charge in [0.25, 0.3) is 11.7 Å². The molecule has 54 heavy (non-hydrogen) atoms. The van der Waals surface area contributed by atoms with Gasteiger partial charge in [-0.05, 0) is 44.7 Å². The molecule has 6 N–H and O–H groups in total. The van der Waals surface area contributed by atoms with Crippen molar-refractivity contribution in [2.75, 3.05) is 32.8 Å². The molecule has 14 nitrogen and oxygen atoms in total. The number of hydrogen-bond acceptors (Lipinski definition) is 13. The smallest absolute Gasteiger partial charge is 0.312 e. The van der Waals surface area contributed by atoms with E-state index in [0.717, 1.165) is 0 Å². The minimum atomic E-state index is -1.95. The maximum Gasteiger partial charge on any atom is 0.312 e. The van der Waals surface area contributed by atoms with Crippen molar-refractivity contribution in [2.24, 2.45) is 34.7 Å². The Morgan fingerprint density at radius 1 is 0.926 bits per heavy atom. The number of hydrazone groups is 1. The molecule has 1 saturated heterocycles. The first kappa shape index (κ1) is 40.6. The van der Waals surface area contributed by atoms with Crippen molar-refractivity contribution >= 4 is 34.4 Å². The number of carbonyl (C=O) groups excluding carboxylic acids is 2. The van der Waals surface area contributed by atoms with Crippen LogP contribution in [0.15, 0.2) is 41.2 Å². The number of benzene rings is 2. The molecule has 0 radical (unpaired) electrons. The third-order valence-electron chi connectivity index (χ3n) is 11.5. The van der Waals surface area contributed by atoms with Crippen molar-refractivity contribution in [3.05, 3.63) is 52.8 Å². The summed E-state index contributed by atoms with van der Waals surface area (Å²) in [7, 11) is 3.44.